The van der Waals surface area contributed by atoms with Gasteiger partial charge in [-0.25, -0.2) is 8.42 Å². The van der Waals surface area contributed by atoms with E-state index in [2.05, 4.69) is 30.4 Å². The molecule has 0 fully saturated rings. The minimum Gasteiger partial charge on any atom is -0.495 e. The van der Waals surface area contributed by atoms with Gasteiger partial charge in [0, 0.05) is 0 Å². The van der Waals surface area contributed by atoms with E-state index in [1.807, 2.05) is 25.1 Å². The first-order chi connectivity index (χ1) is 12.8. The van der Waals surface area contributed by atoms with Gasteiger partial charge in [0.2, 0.25) is 0 Å². The van der Waals surface area contributed by atoms with Gasteiger partial charge in [-0.05, 0) is 50.6 Å². The lowest BCUT2D eigenvalue weighted by molar-refractivity contribution is 0.416. The first-order valence-corrected chi connectivity index (χ1v) is 9.58. The Morgan fingerprint density at radius 3 is 2.33 bits per heavy atom. The molecule has 0 aliphatic carbocycles. The number of hydrogen-bond acceptors (Lipinski definition) is 7. The topological polar surface area (TPSA) is 122 Å². The molecule has 1 aromatic carbocycles. The van der Waals surface area contributed by atoms with Gasteiger partial charge in [0.1, 0.15) is 10.6 Å². The number of aryl methyl sites for hydroxylation is 3. The molecule has 3 rings (SSSR count). The monoisotopic (exact) mass is 388 g/mol. The lowest BCUT2D eigenvalue weighted by atomic mass is 10.2. The number of sulfonamides is 1. The van der Waals surface area contributed by atoms with Crippen molar-refractivity contribution in [3.63, 3.8) is 0 Å². The third kappa shape index (κ3) is 4.00. The van der Waals surface area contributed by atoms with Gasteiger partial charge in [-0.3, -0.25) is 9.82 Å². The van der Waals surface area contributed by atoms with Crippen LogP contribution in [0.2, 0.25) is 0 Å². The van der Waals surface area contributed by atoms with Crippen molar-refractivity contribution in [2.75, 3.05) is 17.1 Å². The minimum absolute atomic E-state index is 0.107. The molecule has 2 heterocycles. The van der Waals surface area contributed by atoms with Crippen LogP contribution in [0.5, 0.6) is 5.75 Å². The average Bonchev–Trinajstić information content (AvgIpc) is 2.96. The summed E-state index contributed by atoms with van der Waals surface area (Å²) in [5.41, 5.74) is 2.64. The number of rotatable bonds is 6. The Bertz CT molecular complexity index is 1040. The van der Waals surface area contributed by atoms with Gasteiger partial charge in [0.15, 0.2) is 11.6 Å². The van der Waals surface area contributed by atoms with E-state index in [9.17, 15) is 8.42 Å². The first-order valence-electron chi connectivity index (χ1n) is 8.10. The normalized spacial score (nSPS) is 11.3. The van der Waals surface area contributed by atoms with Crippen LogP contribution in [-0.4, -0.2) is 35.9 Å². The fourth-order valence-electron chi connectivity index (χ4n) is 2.64. The Morgan fingerprint density at radius 1 is 1.04 bits per heavy atom. The van der Waals surface area contributed by atoms with Crippen LogP contribution in [0, 0.1) is 20.8 Å². The summed E-state index contributed by atoms with van der Waals surface area (Å²) < 4.78 is 32.8. The fraction of sp³-hybridized carbons (Fsp3) is 0.235. The Labute approximate surface area is 157 Å². The Balaban J connectivity index is 1.79. The van der Waals surface area contributed by atoms with Crippen molar-refractivity contribution in [3.05, 3.63) is 47.3 Å². The minimum atomic E-state index is -3.81. The molecule has 27 heavy (non-hydrogen) atoms. The second kappa shape index (κ2) is 7.23. The molecule has 3 aromatic rings. The molecule has 0 atom stereocenters. The van der Waals surface area contributed by atoms with Crippen LogP contribution in [0.1, 0.15) is 17.0 Å². The molecule has 10 heteroatoms. The second-order valence-corrected chi connectivity index (χ2v) is 7.62. The van der Waals surface area contributed by atoms with Crippen LogP contribution in [0.3, 0.4) is 0 Å². The molecular weight excluding hydrogens is 368 g/mol. The number of aromatic amines is 1. The number of nitrogens with one attached hydrogen (secondary N) is 3. The quantitative estimate of drug-likeness (QED) is 0.593. The predicted molar refractivity (Wildman–Crippen MR) is 102 cm³/mol. The van der Waals surface area contributed by atoms with Gasteiger partial charge in [0.25, 0.3) is 10.0 Å². The lowest BCUT2D eigenvalue weighted by Crippen LogP contribution is -2.16. The van der Waals surface area contributed by atoms with Gasteiger partial charge in [-0.2, -0.15) is 5.10 Å². The maximum atomic E-state index is 12.5. The predicted octanol–water partition coefficient (Wildman–Crippen LogP) is 2.68. The van der Waals surface area contributed by atoms with E-state index in [0.29, 0.717) is 23.0 Å². The number of nitrogens with zero attached hydrogens (tertiary/aromatic N) is 3. The zero-order valence-corrected chi connectivity index (χ0v) is 16.2. The molecule has 0 unspecified atom stereocenters. The van der Waals surface area contributed by atoms with Gasteiger partial charge in [0.05, 0.1) is 24.2 Å². The van der Waals surface area contributed by atoms with Crippen molar-refractivity contribution in [2.24, 2.45) is 0 Å². The molecule has 2 aromatic heterocycles. The Morgan fingerprint density at radius 2 is 1.74 bits per heavy atom. The first kappa shape index (κ1) is 18.6. The van der Waals surface area contributed by atoms with E-state index in [1.165, 1.54) is 6.07 Å². The van der Waals surface area contributed by atoms with E-state index < -0.39 is 10.0 Å². The number of ether oxygens (including phenoxy) is 1. The van der Waals surface area contributed by atoms with E-state index in [4.69, 9.17) is 4.74 Å². The van der Waals surface area contributed by atoms with Crippen LogP contribution in [0.25, 0.3) is 0 Å². The zero-order valence-electron chi connectivity index (χ0n) is 15.4. The van der Waals surface area contributed by atoms with E-state index >= 15 is 0 Å². The number of hydrogen-bond donors (Lipinski definition) is 3. The smallest absolute Gasteiger partial charge is 0.266 e. The van der Waals surface area contributed by atoms with Crippen LogP contribution in [-0.2, 0) is 10.0 Å². The molecule has 0 saturated carbocycles. The van der Waals surface area contributed by atoms with Crippen LogP contribution < -0.4 is 14.8 Å². The highest BCUT2D eigenvalue weighted by Gasteiger charge is 2.22. The van der Waals surface area contributed by atoms with Crippen molar-refractivity contribution in [1.82, 2.24) is 20.4 Å². The molecule has 142 valence electrons. The summed E-state index contributed by atoms with van der Waals surface area (Å²) in [6.45, 7) is 5.22. The number of benzene rings is 1. The molecule has 0 aliphatic rings. The molecule has 0 saturated heterocycles. The Kier molecular flexibility index (Phi) is 5.00. The third-order valence-corrected chi connectivity index (χ3v) is 5.47. The number of methoxy groups -OCH3 is 1. The molecule has 0 aliphatic heterocycles. The SMILES string of the molecule is COc1ccc(C)cc1Nc1ccc(NS(=O)(=O)c2c(C)n[nH]c2C)nn1. The summed E-state index contributed by atoms with van der Waals surface area (Å²) in [4.78, 5) is 0.107. The average molecular weight is 388 g/mol. The second-order valence-electron chi connectivity index (χ2n) is 6.00. The maximum absolute atomic E-state index is 12.5. The highest BCUT2D eigenvalue weighted by molar-refractivity contribution is 7.92. The van der Waals surface area contributed by atoms with Crippen LogP contribution >= 0.6 is 0 Å². The highest BCUT2D eigenvalue weighted by Crippen LogP contribution is 2.28. The fourth-order valence-corrected chi connectivity index (χ4v) is 4.01. The molecule has 0 bridgehead atoms. The summed E-state index contributed by atoms with van der Waals surface area (Å²) in [6.07, 6.45) is 0. The van der Waals surface area contributed by atoms with Crippen molar-refractivity contribution in [2.45, 2.75) is 25.7 Å². The lowest BCUT2D eigenvalue weighted by Gasteiger charge is -2.11. The molecule has 0 spiro atoms. The molecule has 3 N–H and O–H groups in total. The van der Waals surface area contributed by atoms with E-state index in [0.717, 1.165) is 11.3 Å². The summed E-state index contributed by atoms with van der Waals surface area (Å²) in [7, 11) is -2.22. The molecule has 0 amide bonds. The zero-order chi connectivity index (χ0) is 19.6. The summed E-state index contributed by atoms with van der Waals surface area (Å²) >= 11 is 0. The van der Waals surface area contributed by atoms with Crippen molar-refractivity contribution < 1.29 is 13.2 Å². The van der Waals surface area contributed by atoms with Crippen molar-refractivity contribution in [3.8, 4) is 5.75 Å². The number of anilines is 3. The van der Waals surface area contributed by atoms with Crippen molar-refractivity contribution >= 4 is 27.3 Å². The van der Waals surface area contributed by atoms with Gasteiger partial charge in [-0.15, -0.1) is 10.2 Å². The van der Waals surface area contributed by atoms with Gasteiger partial charge in [-0.1, -0.05) is 6.07 Å². The van der Waals surface area contributed by atoms with Gasteiger partial charge < -0.3 is 10.1 Å². The molecular formula is C17H20N6O3S. The third-order valence-electron chi connectivity index (χ3n) is 3.85. The highest BCUT2D eigenvalue weighted by atomic mass is 32.2. The largest absolute Gasteiger partial charge is 0.495 e. The maximum Gasteiger partial charge on any atom is 0.266 e. The number of aromatic nitrogens is 4. The Hall–Kier alpha value is -3.14. The van der Waals surface area contributed by atoms with Gasteiger partial charge >= 0.3 is 0 Å². The van der Waals surface area contributed by atoms with E-state index in [-0.39, 0.29) is 10.7 Å². The summed E-state index contributed by atoms with van der Waals surface area (Å²) in [5.74, 6) is 1.23. The van der Waals surface area contributed by atoms with E-state index in [1.54, 1.807) is 27.0 Å². The molecule has 9 nitrogen and oxygen atoms in total. The summed E-state index contributed by atoms with van der Waals surface area (Å²) in [5, 5.41) is 17.6. The van der Waals surface area contributed by atoms with Crippen molar-refractivity contribution in [1.29, 1.82) is 0 Å². The number of H-pyrrole nitrogens is 1. The molecule has 0 radical (unpaired) electrons. The van der Waals surface area contributed by atoms with Crippen LogP contribution in [0.15, 0.2) is 35.2 Å². The standard InChI is InChI=1S/C17H20N6O3S/c1-10-5-6-14(26-4)13(9-10)18-15-7-8-16(22-21-15)23-27(24,25)17-11(2)19-20-12(17)3/h5-9H,1-4H3,(H,18,21)(H,19,20)(H,22,23). The summed E-state index contributed by atoms with van der Waals surface area (Å²) in [6, 6.07) is 8.86. The van der Waals surface area contributed by atoms with Crippen LogP contribution in [0.4, 0.5) is 17.3 Å².